The molecule has 1 nitrogen and oxygen atoms in total. The van der Waals surface area contributed by atoms with Crippen molar-refractivity contribution in [1.29, 1.82) is 0 Å². The Balaban J connectivity index is 0.000000245. The largest absolute Gasteiger partial charge is 0.412 e. The molecule has 2 aliphatic rings. The topological polar surface area (TPSA) is 31.5 Å². The van der Waals surface area contributed by atoms with E-state index in [2.05, 4.69) is 24.3 Å². The van der Waals surface area contributed by atoms with Crippen LogP contribution in [0.2, 0.25) is 0 Å². The average Bonchev–Trinajstić information content (AvgIpc) is 2.17. The lowest BCUT2D eigenvalue weighted by Gasteiger charge is -1.48. The van der Waals surface area contributed by atoms with E-state index < -0.39 is 0 Å². The zero-order chi connectivity index (χ0) is 3.98. The standard InChI is InChI=1S/C6H4.H2O/c1-2-5-4-6(5)3-1;/h1-4H;1H2. The number of hydrogen-bond donors (Lipinski definition) is 0. The molecule has 0 heterocycles. The van der Waals surface area contributed by atoms with Gasteiger partial charge in [0.2, 0.25) is 0 Å². The molecule has 0 spiro atoms. The van der Waals surface area contributed by atoms with Crippen molar-refractivity contribution in [2.24, 2.45) is 0 Å². The predicted molar refractivity (Wildman–Crippen MR) is 29.0 cm³/mol. The summed E-state index contributed by atoms with van der Waals surface area (Å²) in [5, 5.41) is 0. The first kappa shape index (κ1) is 4.34. The molecule has 0 aromatic carbocycles. The van der Waals surface area contributed by atoms with Crippen molar-refractivity contribution in [3.05, 3.63) is 24.3 Å². The van der Waals surface area contributed by atoms with Gasteiger partial charge in [-0.2, -0.15) is 0 Å². The van der Waals surface area contributed by atoms with Gasteiger partial charge in [-0.3, -0.25) is 0 Å². The highest BCUT2D eigenvalue weighted by Crippen LogP contribution is 2.32. The highest BCUT2D eigenvalue weighted by Gasteiger charge is 2.06. The van der Waals surface area contributed by atoms with Crippen LogP contribution in [0.4, 0.5) is 0 Å². The van der Waals surface area contributed by atoms with Gasteiger partial charge in [-0.05, 0) is 17.2 Å². The molecule has 0 bridgehead atoms. The molecule has 0 unspecified atom stereocenters. The summed E-state index contributed by atoms with van der Waals surface area (Å²) >= 11 is 0. The zero-order valence-corrected chi connectivity index (χ0v) is 3.81. The first-order chi connectivity index (χ1) is 2.97. The molecule has 0 amide bonds. The monoisotopic (exact) mass is 94.0 g/mol. The van der Waals surface area contributed by atoms with Gasteiger partial charge < -0.3 is 5.48 Å². The van der Waals surface area contributed by atoms with Crippen molar-refractivity contribution in [3.8, 4) is 11.1 Å². The lowest BCUT2D eigenvalue weighted by molar-refractivity contribution is 0.824. The molecular weight excluding hydrogens is 88.1 g/mol. The molecule has 0 fully saturated rings. The summed E-state index contributed by atoms with van der Waals surface area (Å²) in [7, 11) is 0. The fraction of sp³-hybridized carbons (Fsp3) is 0. The Morgan fingerprint density at radius 3 is 1.71 bits per heavy atom. The van der Waals surface area contributed by atoms with Crippen molar-refractivity contribution in [2.75, 3.05) is 0 Å². The van der Waals surface area contributed by atoms with Crippen LogP contribution < -0.4 is 0 Å². The van der Waals surface area contributed by atoms with Gasteiger partial charge in [0.15, 0.2) is 0 Å². The Bertz CT molecular complexity index is 164. The number of fused-ring (bicyclic) bond motifs is 1. The van der Waals surface area contributed by atoms with Gasteiger partial charge in [0.1, 0.15) is 0 Å². The summed E-state index contributed by atoms with van der Waals surface area (Å²) in [6.07, 6.45) is 0. The van der Waals surface area contributed by atoms with Crippen molar-refractivity contribution >= 4 is 0 Å². The van der Waals surface area contributed by atoms with Crippen molar-refractivity contribution in [3.63, 3.8) is 0 Å². The third kappa shape index (κ3) is 0.419. The maximum Gasteiger partial charge on any atom is -0.0178 e. The third-order valence-corrected chi connectivity index (χ3v) is 1.11. The quantitative estimate of drug-likeness (QED) is 0.463. The van der Waals surface area contributed by atoms with E-state index in [0.717, 1.165) is 0 Å². The molecular formula is C6H6O. The fourth-order valence-electron chi connectivity index (χ4n) is 0.676. The number of hydrogen-bond acceptors (Lipinski definition) is 0. The van der Waals surface area contributed by atoms with Crippen LogP contribution in [0.5, 0.6) is 0 Å². The second-order valence-corrected chi connectivity index (χ2v) is 1.58. The second-order valence-electron chi connectivity index (χ2n) is 1.58. The molecule has 0 aromatic heterocycles. The van der Waals surface area contributed by atoms with Crippen LogP contribution in [0.3, 0.4) is 0 Å². The molecule has 0 saturated heterocycles. The molecule has 0 atom stereocenters. The second kappa shape index (κ2) is 1.07. The summed E-state index contributed by atoms with van der Waals surface area (Å²) in [5.74, 6) is 0. The molecule has 0 aromatic rings. The SMILES string of the molecule is O.c1cc2cc-2c1. The van der Waals surface area contributed by atoms with Crippen molar-refractivity contribution in [2.45, 2.75) is 0 Å². The number of rotatable bonds is 0. The Morgan fingerprint density at radius 2 is 1.57 bits per heavy atom. The molecule has 36 valence electrons. The lowest BCUT2D eigenvalue weighted by Crippen LogP contribution is -1.23. The van der Waals surface area contributed by atoms with E-state index in [0.29, 0.717) is 0 Å². The van der Waals surface area contributed by atoms with Gasteiger partial charge in [-0.15, -0.1) is 0 Å². The Kier molecular flexibility index (Phi) is 0.666. The van der Waals surface area contributed by atoms with E-state index in [1.165, 1.54) is 11.1 Å². The maximum atomic E-state index is 2.17. The molecule has 2 N–H and O–H groups in total. The molecule has 2 aliphatic carbocycles. The number of benzene rings is 1. The zero-order valence-electron chi connectivity index (χ0n) is 3.81. The molecule has 2 rings (SSSR count). The highest BCUT2D eigenvalue weighted by molar-refractivity contribution is 5.80. The first-order valence-corrected chi connectivity index (χ1v) is 2.07. The Morgan fingerprint density at radius 1 is 1.00 bits per heavy atom. The van der Waals surface area contributed by atoms with E-state index >= 15 is 0 Å². The lowest BCUT2D eigenvalue weighted by atomic mass is 10.6. The van der Waals surface area contributed by atoms with E-state index in [9.17, 15) is 0 Å². The van der Waals surface area contributed by atoms with Crippen LogP contribution >= 0.6 is 0 Å². The van der Waals surface area contributed by atoms with E-state index in [1.807, 2.05) is 0 Å². The van der Waals surface area contributed by atoms with Crippen LogP contribution in [0, 0.1) is 0 Å². The highest BCUT2D eigenvalue weighted by atomic mass is 16.0. The van der Waals surface area contributed by atoms with Crippen LogP contribution in [0.15, 0.2) is 24.3 Å². The van der Waals surface area contributed by atoms with Crippen LogP contribution in [0.25, 0.3) is 11.1 Å². The molecule has 7 heavy (non-hydrogen) atoms. The third-order valence-electron chi connectivity index (χ3n) is 1.11. The molecule has 0 radical (unpaired) electrons. The maximum absolute atomic E-state index is 2.17. The normalized spacial score (nSPS) is 9.71. The van der Waals surface area contributed by atoms with Gasteiger partial charge in [0, 0.05) is 0 Å². The van der Waals surface area contributed by atoms with Crippen molar-refractivity contribution in [1.82, 2.24) is 0 Å². The Labute approximate surface area is 41.9 Å². The summed E-state index contributed by atoms with van der Waals surface area (Å²) in [5.41, 5.74) is 2.85. The molecule has 0 aliphatic heterocycles. The summed E-state index contributed by atoms with van der Waals surface area (Å²) < 4.78 is 0. The van der Waals surface area contributed by atoms with Gasteiger partial charge >= 0.3 is 0 Å². The molecule has 1 heteroatoms. The minimum atomic E-state index is 0. The van der Waals surface area contributed by atoms with Gasteiger partial charge in [0.25, 0.3) is 0 Å². The Hall–Kier alpha value is -0.820. The van der Waals surface area contributed by atoms with Gasteiger partial charge in [-0.25, -0.2) is 0 Å². The minimum absolute atomic E-state index is 0. The minimum Gasteiger partial charge on any atom is -0.412 e. The summed E-state index contributed by atoms with van der Waals surface area (Å²) in [6.45, 7) is 0. The van der Waals surface area contributed by atoms with E-state index in [-0.39, 0.29) is 5.48 Å². The summed E-state index contributed by atoms with van der Waals surface area (Å²) in [4.78, 5) is 0. The van der Waals surface area contributed by atoms with E-state index in [4.69, 9.17) is 0 Å². The summed E-state index contributed by atoms with van der Waals surface area (Å²) in [6, 6.07) is 8.48. The van der Waals surface area contributed by atoms with Gasteiger partial charge in [0.05, 0.1) is 0 Å². The van der Waals surface area contributed by atoms with Crippen molar-refractivity contribution < 1.29 is 5.48 Å². The van der Waals surface area contributed by atoms with Crippen LogP contribution in [0.1, 0.15) is 0 Å². The smallest absolute Gasteiger partial charge is 0.0178 e. The van der Waals surface area contributed by atoms with Gasteiger partial charge in [-0.1, -0.05) is 18.2 Å². The molecule has 0 saturated carbocycles. The van der Waals surface area contributed by atoms with Crippen LogP contribution in [-0.2, 0) is 0 Å². The van der Waals surface area contributed by atoms with E-state index in [1.54, 1.807) is 0 Å². The first-order valence-electron chi connectivity index (χ1n) is 2.07. The predicted octanol–water partition coefficient (Wildman–Crippen LogP) is 0.842. The average molecular weight is 94.1 g/mol. The van der Waals surface area contributed by atoms with Crippen LogP contribution in [-0.4, -0.2) is 5.48 Å². The fourth-order valence-corrected chi connectivity index (χ4v) is 0.676.